The SMILES string of the molecule is COc1ccc(OC)c(-c2ocnc2CCl)c1. The van der Waals surface area contributed by atoms with Crippen molar-refractivity contribution in [2.75, 3.05) is 14.2 Å². The molecule has 5 heteroatoms. The lowest BCUT2D eigenvalue weighted by atomic mass is 10.1. The maximum absolute atomic E-state index is 5.80. The fourth-order valence-electron chi connectivity index (χ4n) is 1.57. The van der Waals surface area contributed by atoms with Gasteiger partial charge in [-0.15, -0.1) is 11.6 Å². The lowest BCUT2D eigenvalue weighted by molar-refractivity contribution is 0.403. The first-order valence-corrected chi connectivity index (χ1v) is 5.54. The number of aromatic nitrogens is 1. The van der Waals surface area contributed by atoms with Crippen LogP contribution in [0.1, 0.15) is 5.69 Å². The van der Waals surface area contributed by atoms with Crippen molar-refractivity contribution in [2.24, 2.45) is 0 Å². The Balaban J connectivity index is 2.56. The average molecular weight is 254 g/mol. The summed E-state index contributed by atoms with van der Waals surface area (Å²) in [4.78, 5) is 4.05. The molecule has 1 heterocycles. The van der Waals surface area contributed by atoms with E-state index in [1.807, 2.05) is 18.2 Å². The molecule has 0 bridgehead atoms. The van der Waals surface area contributed by atoms with Gasteiger partial charge in [0.05, 0.1) is 25.7 Å². The lowest BCUT2D eigenvalue weighted by Gasteiger charge is -2.08. The van der Waals surface area contributed by atoms with E-state index in [9.17, 15) is 0 Å². The highest BCUT2D eigenvalue weighted by molar-refractivity contribution is 6.17. The van der Waals surface area contributed by atoms with Crippen LogP contribution in [0.25, 0.3) is 11.3 Å². The molecule has 0 spiro atoms. The molecule has 0 aliphatic rings. The predicted molar refractivity (Wildman–Crippen MR) is 64.6 cm³/mol. The second kappa shape index (κ2) is 5.10. The Bertz CT molecular complexity index is 510. The Morgan fingerprint density at radius 2 is 2.12 bits per heavy atom. The van der Waals surface area contributed by atoms with Gasteiger partial charge in [0.25, 0.3) is 0 Å². The fraction of sp³-hybridized carbons (Fsp3) is 0.250. The van der Waals surface area contributed by atoms with Gasteiger partial charge in [-0.1, -0.05) is 0 Å². The van der Waals surface area contributed by atoms with Crippen LogP contribution in [0.3, 0.4) is 0 Å². The Morgan fingerprint density at radius 3 is 2.76 bits per heavy atom. The van der Waals surface area contributed by atoms with E-state index in [-0.39, 0.29) is 5.88 Å². The van der Waals surface area contributed by atoms with Crippen LogP contribution in [0.2, 0.25) is 0 Å². The third-order valence-corrected chi connectivity index (χ3v) is 2.67. The zero-order valence-corrected chi connectivity index (χ0v) is 10.3. The zero-order chi connectivity index (χ0) is 12.3. The van der Waals surface area contributed by atoms with Crippen LogP contribution >= 0.6 is 11.6 Å². The number of methoxy groups -OCH3 is 2. The third kappa shape index (κ3) is 2.22. The second-order valence-electron chi connectivity index (χ2n) is 3.33. The summed E-state index contributed by atoms with van der Waals surface area (Å²) in [6, 6.07) is 5.46. The molecule has 2 rings (SSSR count). The first kappa shape index (κ1) is 11.8. The van der Waals surface area contributed by atoms with Gasteiger partial charge in [-0.3, -0.25) is 0 Å². The average Bonchev–Trinajstić information content (AvgIpc) is 2.86. The number of ether oxygens (including phenoxy) is 2. The van der Waals surface area contributed by atoms with E-state index >= 15 is 0 Å². The summed E-state index contributed by atoms with van der Waals surface area (Å²) in [5.41, 5.74) is 1.46. The van der Waals surface area contributed by atoms with Crippen LogP contribution < -0.4 is 9.47 Å². The van der Waals surface area contributed by atoms with Crippen LogP contribution in [0.4, 0.5) is 0 Å². The molecular weight excluding hydrogens is 242 g/mol. The minimum Gasteiger partial charge on any atom is -0.497 e. The van der Waals surface area contributed by atoms with Gasteiger partial charge in [-0.25, -0.2) is 4.98 Å². The summed E-state index contributed by atoms with van der Waals surface area (Å²) in [6.07, 6.45) is 1.37. The first-order valence-electron chi connectivity index (χ1n) is 5.01. The highest BCUT2D eigenvalue weighted by Gasteiger charge is 2.15. The smallest absolute Gasteiger partial charge is 0.181 e. The van der Waals surface area contributed by atoms with E-state index in [1.54, 1.807) is 14.2 Å². The summed E-state index contributed by atoms with van der Waals surface area (Å²) in [5, 5.41) is 0. The van der Waals surface area contributed by atoms with Crippen LogP contribution in [0, 0.1) is 0 Å². The second-order valence-corrected chi connectivity index (χ2v) is 3.60. The number of hydrogen-bond acceptors (Lipinski definition) is 4. The molecule has 0 aliphatic heterocycles. The number of benzene rings is 1. The normalized spacial score (nSPS) is 10.3. The monoisotopic (exact) mass is 253 g/mol. The van der Waals surface area contributed by atoms with Crippen LogP contribution in [0.15, 0.2) is 29.0 Å². The van der Waals surface area contributed by atoms with E-state index < -0.39 is 0 Å². The first-order chi connectivity index (χ1) is 8.30. The molecule has 0 saturated heterocycles. The molecule has 0 saturated carbocycles. The Hall–Kier alpha value is -1.68. The summed E-state index contributed by atoms with van der Waals surface area (Å²) in [7, 11) is 3.20. The van der Waals surface area contributed by atoms with Crippen molar-refractivity contribution in [1.82, 2.24) is 4.98 Å². The van der Waals surface area contributed by atoms with Crippen molar-refractivity contribution in [3.63, 3.8) is 0 Å². The minimum absolute atomic E-state index is 0.284. The molecule has 0 amide bonds. The molecule has 0 aliphatic carbocycles. The van der Waals surface area contributed by atoms with Crippen molar-refractivity contribution in [2.45, 2.75) is 5.88 Å². The van der Waals surface area contributed by atoms with Crippen LogP contribution in [-0.2, 0) is 5.88 Å². The van der Waals surface area contributed by atoms with Gasteiger partial charge >= 0.3 is 0 Å². The molecule has 1 aromatic carbocycles. The van der Waals surface area contributed by atoms with Gasteiger partial charge < -0.3 is 13.9 Å². The van der Waals surface area contributed by atoms with Gasteiger partial charge in [0, 0.05) is 0 Å². The van der Waals surface area contributed by atoms with Crippen molar-refractivity contribution < 1.29 is 13.9 Å². The lowest BCUT2D eigenvalue weighted by Crippen LogP contribution is -1.91. The van der Waals surface area contributed by atoms with E-state index in [0.29, 0.717) is 17.2 Å². The Labute approximate surface area is 104 Å². The molecule has 1 aromatic heterocycles. The Morgan fingerprint density at radius 1 is 1.29 bits per heavy atom. The van der Waals surface area contributed by atoms with E-state index in [2.05, 4.69) is 4.98 Å². The minimum atomic E-state index is 0.284. The molecular formula is C12H12ClNO3. The van der Waals surface area contributed by atoms with E-state index in [0.717, 1.165) is 11.3 Å². The fourth-order valence-corrected chi connectivity index (χ4v) is 1.77. The van der Waals surface area contributed by atoms with Gasteiger partial charge in [-0.2, -0.15) is 0 Å². The summed E-state index contributed by atoms with van der Waals surface area (Å²) < 4.78 is 15.8. The maximum atomic E-state index is 5.80. The van der Waals surface area contributed by atoms with Gasteiger partial charge in [0.1, 0.15) is 17.2 Å². The molecule has 4 nitrogen and oxygen atoms in total. The summed E-state index contributed by atoms with van der Waals surface area (Å²) >= 11 is 5.80. The topological polar surface area (TPSA) is 44.5 Å². The number of oxazole rings is 1. The van der Waals surface area contributed by atoms with Crippen molar-refractivity contribution in [1.29, 1.82) is 0 Å². The van der Waals surface area contributed by atoms with Crippen molar-refractivity contribution in [3.8, 4) is 22.8 Å². The van der Waals surface area contributed by atoms with Crippen molar-refractivity contribution >= 4 is 11.6 Å². The number of alkyl halides is 1. The van der Waals surface area contributed by atoms with Crippen LogP contribution in [-0.4, -0.2) is 19.2 Å². The van der Waals surface area contributed by atoms with E-state index in [4.69, 9.17) is 25.5 Å². The number of nitrogens with zero attached hydrogens (tertiary/aromatic N) is 1. The predicted octanol–water partition coefficient (Wildman–Crippen LogP) is 3.10. The van der Waals surface area contributed by atoms with Crippen LogP contribution in [0.5, 0.6) is 11.5 Å². The third-order valence-electron chi connectivity index (χ3n) is 2.42. The summed E-state index contributed by atoms with van der Waals surface area (Å²) in [5.74, 6) is 2.30. The zero-order valence-electron chi connectivity index (χ0n) is 9.57. The highest BCUT2D eigenvalue weighted by Crippen LogP contribution is 2.35. The number of rotatable bonds is 4. The van der Waals surface area contributed by atoms with Gasteiger partial charge in [0.2, 0.25) is 0 Å². The number of hydrogen-bond donors (Lipinski definition) is 0. The molecule has 0 atom stereocenters. The maximum Gasteiger partial charge on any atom is 0.181 e. The number of halogens is 1. The molecule has 0 unspecified atom stereocenters. The quantitative estimate of drug-likeness (QED) is 0.786. The molecule has 0 radical (unpaired) electrons. The van der Waals surface area contributed by atoms with Gasteiger partial charge in [0.15, 0.2) is 12.2 Å². The standard InChI is InChI=1S/C12H12ClNO3/c1-15-8-3-4-11(16-2)9(5-8)12-10(6-13)14-7-17-12/h3-5,7H,6H2,1-2H3. The van der Waals surface area contributed by atoms with Gasteiger partial charge in [-0.05, 0) is 18.2 Å². The largest absolute Gasteiger partial charge is 0.497 e. The Kier molecular flexibility index (Phi) is 3.54. The summed E-state index contributed by atoms with van der Waals surface area (Å²) in [6.45, 7) is 0. The van der Waals surface area contributed by atoms with Crippen molar-refractivity contribution in [3.05, 3.63) is 30.3 Å². The van der Waals surface area contributed by atoms with E-state index in [1.165, 1.54) is 6.39 Å². The highest BCUT2D eigenvalue weighted by atomic mass is 35.5. The molecule has 0 fully saturated rings. The molecule has 0 N–H and O–H groups in total. The molecule has 90 valence electrons. The molecule has 2 aromatic rings. The molecule has 17 heavy (non-hydrogen) atoms.